The van der Waals surface area contributed by atoms with E-state index in [0.717, 1.165) is 28.0 Å². The van der Waals surface area contributed by atoms with E-state index in [-0.39, 0.29) is 6.10 Å². The van der Waals surface area contributed by atoms with Crippen molar-refractivity contribution >= 4 is 10.9 Å². The predicted octanol–water partition coefficient (Wildman–Crippen LogP) is 3.59. The van der Waals surface area contributed by atoms with E-state index < -0.39 is 0 Å². The molecule has 0 radical (unpaired) electrons. The molecule has 23 heavy (non-hydrogen) atoms. The van der Waals surface area contributed by atoms with Crippen molar-refractivity contribution in [3.05, 3.63) is 66.4 Å². The van der Waals surface area contributed by atoms with Crippen molar-refractivity contribution in [1.82, 2.24) is 4.98 Å². The van der Waals surface area contributed by atoms with Crippen molar-refractivity contribution in [3.63, 3.8) is 0 Å². The Balaban J connectivity index is 1.45. The Kier molecular flexibility index (Phi) is 3.82. The van der Waals surface area contributed by atoms with Gasteiger partial charge in [-0.05, 0) is 29.8 Å². The Labute approximate surface area is 134 Å². The second kappa shape index (κ2) is 6.26. The monoisotopic (exact) mass is 307 g/mol. The summed E-state index contributed by atoms with van der Waals surface area (Å²) in [4.78, 5) is 4.35. The first-order valence-corrected chi connectivity index (χ1v) is 7.69. The van der Waals surface area contributed by atoms with Crippen LogP contribution in [0.15, 0.2) is 60.8 Å². The molecule has 3 aromatic rings. The van der Waals surface area contributed by atoms with Crippen LogP contribution in [-0.4, -0.2) is 24.3 Å². The highest BCUT2D eigenvalue weighted by Gasteiger charge is 2.23. The number of aromatic nitrogens is 1. The van der Waals surface area contributed by atoms with Crippen LogP contribution in [0.2, 0.25) is 0 Å². The van der Waals surface area contributed by atoms with E-state index in [1.165, 1.54) is 0 Å². The smallest absolute Gasteiger partial charge is 0.171 e. The van der Waals surface area contributed by atoms with E-state index in [1.54, 1.807) is 6.20 Å². The SMILES string of the molecule is c1ccc(COCC2COc3ccc4ncccc4c3O2)cc1. The molecule has 0 saturated heterocycles. The summed E-state index contributed by atoms with van der Waals surface area (Å²) in [6.45, 7) is 1.56. The molecule has 1 aliphatic heterocycles. The Morgan fingerprint density at radius 1 is 1.04 bits per heavy atom. The molecule has 1 aliphatic rings. The van der Waals surface area contributed by atoms with Crippen LogP contribution in [-0.2, 0) is 11.3 Å². The van der Waals surface area contributed by atoms with Crippen molar-refractivity contribution in [2.75, 3.05) is 13.2 Å². The molecule has 1 aromatic heterocycles. The molecule has 0 fully saturated rings. The van der Waals surface area contributed by atoms with E-state index >= 15 is 0 Å². The Morgan fingerprint density at radius 2 is 1.96 bits per heavy atom. The first kappa shape index (κ1) is 14.0. The number of rotatable bonds is 4. The number of pyridine rings is 1. The quantitative estimate of drug-likeness (QED) is 0.738. The van der Waals surface area contributed by atoms with Crippen LogP contribution in [0.3, 0.4) is 0 Å². The number of fused-ring (bicyclic) bond motifs is 3. The molecule has 1 unspecified atom stereocenters. The summed E-state index contributed by atoms with van der Waals surface area (Å²) in [5, 5.41) is 0.970. The molecule has 0 aliphatic carbocycles. The molecule has 0 bridgehead atoms. The zero-order chi connectivity index (χ0) is 15.5. The van der Waals surface area contributed by atoms with Crippen molar-refractivity contribution in [2.45, 2.75) is 12.7 Å². The fourth-order valence-electron chi connectivity index (χ4n) is 2.69. The maximum Gasteiger partial charge on any atom is 0.171 e. The Morgan fingerprint density at radius 3 is 2.87 bits per heavy atom. The lowest BCUT2D eigenvalue weighted by molar-refractivity contribution is 0.00373. The van der Waals surface area contributed by atoms with Crippen molar-refractivity contribution in [2.24, 2.45) is 0 Å². The fourth-order valence-corrected chi connectivity index (χ4v) is 2.69. The summed E-state index contributed by atoms with van der Waals surface area (Å²) in [7, 11) is 0. The second-order valence-corrected chi connectivity index (χ2v) is 5.51. The maximum absolute atomic E-state index is 6.09. The minimum atomic E-state index is -0.114. The molecule has 116 valence electrons. The first-order chi connectivity index (χ1) is 11.4. The van der Waals surface area contributed by atoms with Gasteiger partial charge < -0.3 is 14.2 Å². The normalized spacial score (nSPS) is 16.4. The lowest BCUT2D eigenvalue weighted by Crippen LogP contribution is -2.33. The van der Waals surface area contributed by atoms with Gasteiger partial charge in [0.05, 0.1) is 18.7 Å². The van der Waals surface area contributed by atoms with Gasteiger partial charge in [0.25, 0.3) is 0 Å². The second-order valence-electron chi connectivity index (χ2n) is 5.51. The number of ether oxygens (including phenoxy) is 3. The van der Waals surface area contributed by atoms with Gasteiger partial charge in [0.2, 0.25) is 0 Å². The van der Waals surface area contributed by atoms with Gasteiger partial charge >= 0.3 is 0 Å². The molecule has 4 heteroatoms. The molecular weight excluding hydrogens is 290 g/mol. The van der Waals surface area contributed by atoms with Crippen LogP contribution in [0.25, 0.3) is 10.9 Å². The number of hydrogen-bond acceptors (Lipinski definition) is 4. The largest absolute Gasteiger partial charge is 0.486 e. The molecule has 0 amide bonds. The highest BCUT2D eigenvalue weighted by molar-refractivity contribution is 5.87. The van der Waals surface area contributed by atoms with Gasteiger partial charge in [-0.15, -0.1) is 0 Å². The summed E-state index contributed by atoms with van der Waals surface area (Å²) in [6, 6.07) is 17.9. The highest BCUT2D eigenvalue weighted by atomic mass is 16.6. The molecular formula is C19H17NO3. The third-order valence-corrected chi connectivity index (χ3v) is 3.82. The van der Waals surface area contributed by atoms with E-state index in [0.29, 0.717) is 19.8 Å². The summed E-state index contributed by atoms with van der Waals surface area (Å²) < 4.78 is 17.7. The van der Waals surface area contributed by atoms with E-state index in [1.807, 2.05) is 54.6 Å². The van der Waals surface area contributed by atoms with Gasteiger partial charge in [-0.3, -0.25) is 4.98 Å². The number of nitrogens with zero attached hydrogens (tertiary/aromatic N) is 1. The van der Waals surface area contributed by atoms with Crippen molar-refractivity contribution < 1.29 is 14.2 Å². The van der Waals surface area contributed by atoms with Crippen molar-refractivity contribution in [3.8, 4) is 11.5 Å². The van der Waals surface area contributed by atoms with E-state index in [9.17, 15) is 0 Å². The Hall–Kier alpha value is -2.59. The van der Waals surface area contributed by atoms with Gasteiger partial charge in [0, 0.05) is 11.6 Å². The van der Waals surface area contributed by atoms with Gasteiger partial charge in [0.1, 0.15) is 6.61 Å². The minimum Gasteiger partial charge on any atom is -0.486 e. The average Bonchev–Trinajstić information content (AvgIpc) is 2.62. The maximum atomic E-state index is 6.09. The van der Waals surface area contributed by atoms with Crippen LogP contribution in [0, 0.1) is 0 Å². The zero-order valence-corrected chi connectivity index (χ0v) is 12.6. The van der Waals surface area contributed by atoms with Crippen LogP contribution in [0.1, 0.15) is 5.56 Å². The summed E-state index contributed by atoms with van der Waals surface area (Å²) in [5.41, 5.74) is 2.06. The third-order valence-electron chi connectivity index (χ3n) is 3.82. The van der Waals surface area contributed by atoms with Crippen LogP contribution < -0.4 is 9.47 Å². The average molecular weight is 307 g/mol. The molecule has 4 nitrogen and oxygen atoms in total. The molecule has 2 aromatic carbocycles. The topological polar surface area (TPSA) is 40.6 Å². The van der Waals surface area contributed by atoms with Gasteiger partial charge in [-0.25, -0.2) is 0 Å². The molecule has 1 atom stereocenters. The number of hydrogen-bond donors (Lipinski definition) is 0. The summed E-state index contributed by atoms with van der Waals surface area (Å²) in [5.74, 6) is 1.53. The van der Waals surface area contributed by atoms with Crippen LogP contribution in [0.4, 0.5) is 0 Å². The highest BCUT2D eigenvalue weighted by Crippen LogP contribution is 2.38. The molecule has 0 spiro atoms. The first-order valence-electron chi connectivity index (χ1n) is 7.69. The van der Waals surface area contributed by atoms with Gasteiger partial charge in [0.15, 0.2) is 17.6 Å². The zero-order valence-electron chi connectivity index (χ0n) is 12.6. The lowest BCUT2D eigenvalue weighted by Gasteiger charge is -2.27. The van der Waals surface area contributed by atoms with E-state index in [2.05, 4.69) is 4.98 Å². The van der Waals surface area contributed by atoms with Crippen LogP contribution >= 0.6 is 0 Å². The number of benzene rings is 2. The summed E-state index contributed by atoms with van der Waals surface area (Å²) in [6.07, 6.45) is 1.66. The standard InChI is InChI=1S/C19H17NO3/c1-2-5-14(6-3-1)11-21-12-15-13-22-18-9-8-17-16(19(18)23-15)7-4-10-20-17/h1-10,15H,11-13H2. The summed E-state index contributed by atoms with van der Waals surface area (Å²) >= 11 is 0. The minimum absolute atomic E-state index is 0.114. The van der Waals surface area contributed by atoms with Crippen LogP contribution in [0.5, 0.6) is 11.5 Å². The molecule has 0 saturated carbocycles. The van der Waals surface area contributed by atoms with Gasteiger partial charge in [-0.2, -0.15) is 0 Å². The lowest BCUT2D eigenvalue weighted by atomic mass is 10.1. The molecule has 2 heterocycles. The predicted molar refractivity (Wildman–Crippen MR) is 87.8 cm³/mol. The van der Waals surface area contributed by atoms with E-state index in [4.69, 9.17) is 14.2 Å². The molecule has 4 rings (SSSR count). The Bertz CT molecular complexity index is 804. The fraction of sp³-hybridized carbons (Fsp3) is 0.211. The van der Waals surface area contributed by atoms with Gasteiger partial charge in [-0.1, -0.05) is 30.3 Å². The molecule has 0 N–H and O–H groups in total. The third kappa shape index (κ3) is 2.98. The van der Waals surface area contributed by atoms with Crippen molar-refractivity contribution in [1.29, 1.82) is 0 Å².